The van der Waals surface area contributed by atoms with E-state index in [4.69, 9.17) is 14.2 Å². The van der Waals surface area contributed by atoms with Gasteiger partial charge in [-0.2, -0.15) is 0 Å². The third-order valence-electron chi connectivity index (χ3n) is 4.20. The van der Waals surface area contributed by atoms with E-state index < -0.39 is 0 Å². The zero-order valence-corrected chi connectivity index (χ0v) is 12.3. The topological polar surface area (TPSA) is 48.0 Å². The van der Waals surface area contributed by atoms with Crippen LogP contribution in [0, 0.1) is 5.92 Å². The number of carbonyl (C=O) groups excluding carboxylic acids is 1. The summed E-state index contributed by atoms with van der Waals surface area (Å²) in [5.74, 6) is 1.26. The van der Waals surface area contributed by atoms with Crippen molar-refractivity contribution in [2.75, 3.05) is 33.4 Å². The Kier molecular flexibility index (Phi) is 4.41. The monoisotopic (exact) mass is 291 g/mol. The van der Waals surface area contributed by atoms with Crippen LogP contribution in [0.25, 0.3) is 0 Å². The van der Waals surface area contributed by atoms with Gasteiger partial charge in [0.1, 0.15) is 5.75 Å². The summed E-state index contributed by atoms with van der Waals surface area (Å²) in [6.45, 7) is 2.91. The van der Waals surface area contributed by atoms with Gasteiger partial charge in [-0.05, 0) is 37.1 Å². The molecule has 0 saturated carbocycles. The second-order valence-electron chi connectivity index (χ2n) is 5.47. The highest BCUT2D eigenvalue weighted by Gasteiger charge is 2.31. The van der Waals surface area contributed by atoms with E-state index in [-0.39, 0.29) is 12.2 Å². The molecular formula is C16H21NO4. The first-order chi connectivity index (χ1) is 10.3. The van der Waals surface area contributed by atoms with Crippen LogP contribution in [0.4, 0.5) is 0 Å². The number of carbonyl (C=O) groups is 1. The van der Waals surface area contributed by atoms with Crippen molar-refractivity contribution in [2.24, 2.45) is 5.92 Å². The molecule has 0 spiro atoms. The maximum atomic E-state index is 12.4. The Morgan fingerprint density at radius 2 is 1.76 bits per heavy atom. The van der Waals surface area contributed by atoms with Crippen LogP contribution in [0.3, 0.4) is 0 Å². The Morgan fingerprint density at radius 1 is 1.14 bits per heavy atom. The number of benzene rings is 1. The predicted molar refractivity (Wildman–Crippen MR) is 77.3 cm³/mol. The van der Waals surface area contributed by atoms with Gasteiger partial charge in [-0.3, -0.25) is 4.79 Å². The molecular weight excluding hydrogens is 270 g/mol. The molecule has 0 N–H and O–H groups in total. The van der Waals surface area contributed by atoms with Crippen molar-refractivity contribution in [1.82, 2.24) is 4.90 Å². The van der Waals surface area contributed by atoms with Gasteiger partial charge in [-0.15, -0.1) is 0 Å². The Labute approximate surface area is 124 Å². The second kappa shape index (κ2) is 6.45. The Hall–Kier alpha value is -1.59. The summed E-state index contributed by atoms with van der Waals surface area (Å²) in [6, 6.07) is 7.27. The van der Waals surface area contributed by atoms with Gasteiger partial charge < -0.3 is 19.1 Å². The van der Waals surface area contributed by atoms with Crippen LogP contribution in [0.1, 0.15) is 23.2 Å². The molecule has 0 radical (unpaired) electrons. The summed E-state index contributed by atoms with van der Waals surface area (Å²) in [7, 11) is 1.62. The third kappa shape index (κ3) is 3.19. The SMILES string of the molecule is COc1ccc(C(=O)N2CCC(C3OCCO3)CC2)cc1. The van der Waals surface area contributed by atoms with Crippen LogP contribution in [0.5, 0.6) is 5.75 Å². The Bertz CT molecular complexity index is 474. The molecule has 2 saturated heterocycles. The first-order valence-corrected chi connectivity index (χ1v) is 7.44. The molecule has 0 bridgehead atoms. The van der Waals surface area contributed by atoms with Crippen molar-refractivity contribution in [2.45, 2.75) is 19.1 Å². The average molecular weight is 291 g/mol. The molecule has 2 aliphatic rings. The summed E-state index contributed by atoms with van der Waals surface area (Å²) in [5, 5.41) is 0. The lowest BCUT2D eigenvalue weighted by Crippen LogP contribution is -2.41. The quantitative estimate of drug-likeness (QED) is 0.853. The van der Waals surface area contributed by atoms with E-state index in [0.717, 1.165) is 31.7 Å². The molecule has 21 heavy (non-hydrogen) atoms. The highest BCUT2D eigenvalue weighted by molar-refractivity contribution is 5.94. The number of hydrogen-bond donors (Lipinski definition) is 0. The molecule has 0 atom stereocenters. The van der Waals surface area contributed by atoms with E-state index in [0.29, 0.717) is 24.7 Å². The zero-order valence-electron chi connectivity index (χ0n) is 12.3. The first kappa shape index (κ1) is 14.4. The molecule has 1 aromatic rings. The zero-order chi connectivity index (χ0) is 14.7. The van der Waals surface area contributed by atoms with Crippen LogP contribution in [-0.4, -0.2) is 50.5 Å². The van der Waals surface area contributed by atoms with E-state index in [1.807, 2.05) is 29.2 Å². The van der Waals surface area contributed by atoms with Crippen molar-refractivity contribution in [3.8, 4) is 5.75 Å². The summed E-state index contributed by atoms with van der Waals surface area (Å²) in [4.78, 5) is 14.4. The van der Waals surface area contributed by atoms with Crippen LogP contribution in [-0.2, 0) is 9.47 Å². The van der Waals surface area contributed by atoms with Crippen LogP contribution in [0.2, 0.25) is 0 Å². The van der Waals surface area contributed by atoms with Gasteiger partial charge in [0.05, 0.1) is 20.3 Å². The van der Waals surface area contributed by atoms with Gasteiger partial charge in [0.25, 0.3) is 5.91 Å². The number of methoxy groups -OCH3 is 1. The average Bonchev–Trinajstić information content (AvgIpc) is 3.09. The lowest BCUT2D eigenvalue weighted by atomic mass is 9.95. The number of amides is 1. The van der Waals surface area contributed by atoms with E-state index in [1.54, 1.807) is 7.11 Å². The molecule has 0 unspecified atom stereocenters. The standard InChI is InChI=1S/C16H21NO4/c1-19-14-4-2-12(3-5-14)15(18)17-8-6-13(7-9-17)16-20-10-11-21-16/h2-5,13,16H,6-11H2,1H3. The second-order valence-corrected chi connectivity index (χ2v) is 5.47. The van der Waals surface area contributed by atoms with Gasteiger partial charge in [0.15, 0.2) is 6.29 Å². The van der Waals surface area contributed by atoms with Crippen molar-refractivity contribution < 1.29 is 19.0 Å². The van der Waals surface area contributed by atoms with E-state index in [2.05, 4.69) is 0 Å². The minimum Gasteiger partial charge on any atom is -0.497 e. The highest BCUT2D eigenvalue weighted by Crippen LogP contribution is 2.26. The van der Waals surface area contributed by atoms with Gasteiger partial charge in [0, 0.05) is 24.6 Å². The third-order valence-corrected chi connectivity index (χ3v) is 4.20. The van der Waals surface area contributed by atoms with E-state index in [1.165, 1.54) is 0 Å². The molecule has 2 heterocycles. The summed E-state index contributed by atoms with van der Waals surface area (Å²) < 4.78 is 16.2. The number of piperidine rings is 1. The first-order valence-electron chi connectivity index (χ1n) is 7.44. The maximum Gasteiger partial charge on any atom is 0.253 e. The van der Waals surface area contributed by atoms with Crippen LogP contribution in [0.15, 0.2) is 24.3 Å². The van der Waals surface area contributed by atoms with Crippen molar-refractivity contribution in [3.63, 3.8) is 0 Å². The molecule has 5 nitrogen and oxygen atoms in total. The molecule has 3 rings (SSSR count). The fourth-order valence-corrected chi connectivity index (χ4v) is 2.94. The number of nitrogens with zero attached hydrogens (tertiary/aromatic N) is 1. The molecule has 1 aromatic carbocycles. The number of rotatable bonds is 3. The van der Waals surface area contributed by atoms with Crippen LogP contribution < -0.4 is 4.74 Å². The van der Waals surface area contributed by atoms with Crippen molar-refractivity contribution in [3.05, 3.63) is 29.8 Å². The number of likely N-dealkylation sites (tertiary alicyclic amines) is 1. The predicted octanol–water partition coefficient (Wildman–Crippen LogP) is 1.92. The minimum absolute atomic E-state index is 0.0664. The molecule has 114 valence electrons. The normalized spacial score (nSPS) is 20.7. The molecule has 5 heteroatoms. The van der Waals surface area contributed by atoms with E-state index in [9.17, 15) is 4.79 Å². The minimum atomic E-state index is -0.0664. The number of hydrogen-bond acceptors (Lipinski definition) is 4. The number of ether oxygens (including phenoxy) is 3. The van der Waals surface area contributed by atoms with Gasteiger partial charge in [0.2, 0.25) is 0 Å². The largest absolute Gasteiger partial charge is 0.497 e. The Morgan fingerprint density at radius 3 is 2.33 bits per heavy atom. The van der Waals surface area contributed by atoms with Gasteiger partial charge in [-0.25, -0.2) is 0 Å². The fraction of sp³-hybridized carbons (Fsp3) is 0.562. The van der Waals surface area contributed by atoms with E-state index >= 15 is 0 Å². The molecule has 0 aromatic heterocycles. The highest BCUT2D eigenvalue weighted by atomic mass is 16.7. The van der Waals surface area contributed by atoms with Crippen molar-refractivity contribution in [1.29, 1.82) is 0 Å². The lowest BCUT2D eigenvalue weighted by Gasteiger charge is -2.33. The lowest BCUT2D eigenvalue weighted by molar-refractivity contribution is -0.0956. The summed E-state index contributed by atoms with van der Waals surface area (Å²) in [6.07, 6.45) is 1.81. The molecule has 2 aliphatic heterocycles. The van der Waals surface area contributed by atoms with Crippen molar-refractivity contribution >= 4 is 5.91 Å². The van der Waals surface area contributed by atoms with Gasteiger partial charge in [-0.1, -0.05) is 0 Å². The smallest absolute Gasteiger partial charge is 0.253 e. The molecule has 2 fully saturated rings. The van der Waals surface area contributed by atoms with Crippen LogP contribution >= 0.6 is 0 Å². The molecule has 1 amide bonds. The summed E-state index contributed by atoms with van der Waals surface area (Å²) >= 11 is 0. The Balaban J connectivity index is 1.56. The van der Waals surface area contributed by atoms with Gasteiger partial charge >= 0.3 is 0 Å². The fourth-order valence-electron chi connectivity index (χ4n) is 2.94. The summed E-state index contributed by atoms with van der Waals surface area (Å²) in [5.41, 5.74) is 0.711. The molecule has 0 aliphatic carbocycles. The maximum absolute atomic E-state index is 12.4.